The number of aromatic nitrogens is 6. The zero-order valence-electron chi connectivity index (χ0n) is 20.7. The Morgan fingerprint density at radius 1 is 1.05 bits per heavy atom. The van der Waals surface area contributed by atoms with E-state index in [0.29, 0.717) is 6.92 Å². The molecule has 0 aliphatic rings. The highest BCUT2D eigenvalue weighted by atomic mass is 19.4. The van der Waals surface area contributed by atoms with Crippen molar-refractivity contribution in [2.75, 3.05) is 5.32 Å². The van der Waals surface area contributed by atoms with Crippen LogP contribution in [0.3, 0.4) is 0 Å². The fraction of sp³-hybridized carbons (Fsp3) is 0.333. The van der Waals surface area contributed by atoms with Crippen LogP contribution in [-0.2, 0) is 18.6 Å². The van der Waals surface area contributed by atoms with Crippen molar-refractivity contribution in [1.29, 1.82) is 0 Å². The van der Waals surface area contributed by atoms with Crippen LogP contribution in [0.25, 0.3) is 22.3 Å². The number of H-pyrrole nitrogens is 1. The predicted molar refractivity (Wildman–Crippen MR) is 129 cm³/mol. The summed E-state index contributed by atoms with van der Waals surface area (Å²) < 4.78 is 97.0. The van der Waals surface area contributed by atoms with Crippen molar-refractivity contribution in [2.24, 2.45) is 0 Å². The molecule has 0 amide bonds. The fourth-order valence-electron chi connectivity index (χ4n) is 3.96. The lowest BCUT2D eigenvalue weighted by molar-refractivity contribution is -0.138. The number of anilines is 1. The number of benzene rings is 1. The number of alkyl halides is 6. The minimum atomic E-state index is -4.98. The van der Waals surface area contributed by atoms with Gasteiger partial charge in [-0.1, -0.05) is 0 Å². The summed E-state index contributed by atoms with van der Waals surface area (Å²) in [6, 6.07) is 1.09. The SMILES string of the molecule is CC(CC(F)Cn1cnc2cc(-c3ncc(C(C)(F)F)cn3)c(F)cc2c1=O)Nc1cn[nH]c(=O)c1C(F)(F)F. The van der Waals surface area contributed by atoms with Crippen molar-refractivity contribution in [2.45, 2.75) is 51.1 Å². The molecule has 1 aromatic carbocycles. The van der Waals surface area contributed by atoms with Crippen molar-refractivity contribution >= 4 is 16.6 Å². The van der Waals surface area contributed by atoms with E-state index in [9.17, 15) is 40.3 Å². The molecule has 2 N–H and O–H groups in total. The van der Waals surface area contributed by atoms with Gasteiger partial charge in [0.15, 0.2) is 5.82 Å². The summed E-state index contributed by atoms with van der Waals surface area (Å²) in [7, 11) is 0. The van der Waals surface area contributed by atoms with Crippen LogP contribution in [0.15, 0.2) is 46.6 Å². The van der Waals surface area contributed by atoms with Crippen LogP contribution in [0.5, 0.6) is 0 Å². The van der Waals surface area contributed by atoms with Gasteiger partial charge in [0.05, 0.1) is 46.8 Å². The molecule has 9 nitrogen and oxygen atoms in total. The van der Waals surface area contributed by atoms with Crippen LogP contribution >= 0.6 is 0 Å². The number of nitrogens with zero attached hydrogens (tertiary/aromatic N) is 5. The van der Waals surface area contributed by atoms with Gasteiger partial charge in [-0.25, -0.2) is 37.6 Å². The summed E-state index contributed by atoms with van der Waals surface area (Å²) in [5.41, 5.74) is -5.05. The third-order valence-corrected chi connectivity index (χ3v) is 5.86. The molecule has 0 saturated carbocycles. The van der Waals surface area contributed by atoms with E-state index in [2.05, 4.69) is 25.4 Å². The molecule has 0 bridgehead atoms. The van der Waals surface area contributed by atoms with Gasteiger partial charge in [0, 0.05) is 31.8 Å². The van der Waals surface area contributed by atoms with Gasteiger partial charge in [-0.3, -0.25) is 14.2 Å². The normalized spacial score (nSPS) is 13.8. The summed E-state index contributed by atoms with van der Waals surface area (Å²) in [4.78, 5) is 36.0. The number of nitrogens with one attached hydrogen (secondary N) is 2. The third kappa shape index (κ3) is 6.10. The fourth-order valence-corrected chi connectivity index (χ4v) is 3.96. The summed E-state index contributed by atoms with van der Waals surface area (Å²) in [5, 5.41) is 7.23. The Morgan fingerprint density at radius 2 is 1.73 bits per heavy atom. The van der Waals surface area contributed by atoms with Gasteiger partial charge >= 0.3 is 6.18 Å². The van der Waals surface area contributed by atoms with Gasteiger partial charge in [0.1, 0.15) is 17.6 Å². The molecule has 0 radical (unpaired) electrons. The Balaban J connectivity index is 1.51. The first-order valence-corrected chi connectivity index (χ1v) is 11.6. The third-order valence-electron chi connectivity index (χ3n) is 5.86. The van der Waals surface area contributed by atoms with Crippen molar-refractivity contribution in [3.05, 3.63) is 74.7 Å². The van der Waals surface area contributed by atoms with Gasteiger partial charge in [-0.05, 0) is 19.1 Å². The van der Waals surface area contributed by atoms with Gasteiger partial charge < -0.3 is 5.32 Å². The molecule has 0 saturated heterocycles. The summed E-state index contributed by atoms with van der Waals surface area (Å²) in [5.74, 6) is -4.35. The summed E-state index contributed by atoms with van der Waals surface area (Å²) in [6.07, 6.45) is -3.63. The minimum absolute atomic E-state index is 0.0121. The van der Waals surface area contributed by atoms with Crippen LogP contribution in [0, 0.1) is 5.82 Å². The van der Waals surface area contributed by atoms with Crippen LogP contribution in [0.2, 0.25) is 0 Å². The van der Waals surface area contributed by atoms with E-state index < -0.39 is 64.6 Å². The number of hydrogen-bond acceptors (Lipinski definition) is 7. The van der Waals surface area contributed by atoms with Gasteiger partial charge in [-0.2, -0.15) is 18.3 Å². The minimum Gasteiger partial charge on any atom is -0.381 e. The average molecular weight is 571 g/mol. The van der Waals surface area contributed by atoms with E-state index in [1.807, 2.05) is 0 Å². The smallest absolute Gasteiger partial charge is 0.381 e. The van der Waals surface area contributed by atoms with E-state index in [1.54, 1.807) is 5.10 Å². The molecule has 0 aliphatic heterocycles. The lowest BCUT2D eigenvalue weighted by Crippen LogP contribution is -2.30. The molecule has 3 aromatic heterocycles. The first-order valence-electron chi connectivity index (χ1n) is 11.6. The van der Waals surface area contributed by atoms with Gasteiger partial charge in [0.2, 0.25) is 0 Å². The molecule has 2 atom stereocenters. The molecule has 0 aliphatic carbocycles. The average Bonchev–Trinajstić information content (AvgIpc) is 2.84. The Labute approximate surface area is 220 Å². The van der Waals surface area contributed by atoms with E-state index in [4.69, 9.17) is 0 Å². The second-order valence-corrected chi connectivity index (χ2v) is 9.10. The number of fused-ring (bicyclic) bond motifs is 1. The van der Waals surface area contributed by atoms with Crippen molar-refractivity contribution in [3.63, 3.8) is 0 Å². The first-order chi connectivity index (χ1) is 18.6. The predicted octanol–water partition coefficient (Wildman–Crippen LogP) is 4.44. The molecule has 4 rings (SSSR count). The topological polar surface area (TPSA) is 118 Å². The summed E-state index contributed by atoms with van der Waals surface area (Å²) in [6.45, 7) is 1.48. The van der Waals surface area contributed by atoms with Gasteiger partial charge in [-0.15, -0.1) is 0 Å². The molecule has 0 spiro atoms. The van der Waals surface area contributed by atoms with E-state index in [0.717, 1.165) is 41.6 Å². The monoisotopic (exact) mass is 571 g/mol. The van der Waals surface area contributed by atoms with Crippen LogP contribution < -0.4 is 16.4 Å². The zero-order valence-corrected chi connectivity index (χ0v) is 20.7. The quantitative estimate of drug-likeness (QED) is 0.301. The standard InChI is InChI=1S/C24H20F7N7O2/c1-11(36-18-8-35-37-21(39)19(18)24(29,30)31)3-13(25)9-38-10-34-17-5-14(16(26)4-15(17)22(38)40)20-32-6-12(7-33-20)23(2,27)28/h4-8,10-11,13H,3,9H2,1-2H3,(H2,36,37,39). The van der Waals surface area contributed by atoms with Crippen molar-refractivity contribution < 1.29 is 30.7 Å². The zero-order chi connectivity index (χ0) is 29.4. The Bertz CT molecular complexity index is 1650. The van der Waals surface area contributed by atoms with E-state index >= 15 is 0 Å². The molecule has 4 aromatic rings. The second kappa shape index (κ2) is 10.7. The van der Waals surface area contributed by atoms with Crippen LogP contribution in [0.1, 0.15) is 31.4 Å². The number of rotatable bonds is 8. The Kier molecular flexibility index (Phi) is 7.63. The lowest BCUT2D eigenvalue weighted by atomic mass is 10.1. The highest BCUT2D eigenvalue weighted by molar-refractivity contribution is 5.82. The molecule has 212 valence electrons. The molecule has 16 heteroatoms. The van der Waals surface area contributed by atoms with E-state index in [1.165, 1.54) is 6.92 Å². The number of aromatic amines is 1. The van der Waals surface area contributed by atoms with E-state index in [-0.39, 0.29) is 28.7 Å². The molecular formula is C24H20F7N7O2. The largest absolute Gasteiger partial charge is 0.423 e. The number of halogens is 7. The molecule has 2 unspecified atom stereocenters. The Morgan fingerprint density at radius 3 is 2.35 bits per heavy atom. The molecular weight excluding hydrogens is 551 g/mol. The van der Waals surface area contributed by atoms with Crippen molar-refractivity contribution in [1.82, 2.24) is 29.7 Å². The maximum Gasteiger partial charge on any atom is 0.423 e. The molecule has 3 heterocycles. The van der Waals surface area contributed by atoms with Crippen LogP contribution in [0.4, 0.5) is 36.4 Å². The molecule has 40 heavy (non-hydrogen) atoms. The van der Waals surface area contributed by atoms with Crippen LogP contribution in [-0.4, -0.2) is 41.9 Å². The lowest BCUT2D eigenvalue weighted by Gasteiger charge is -2.20. The maximum absolute atomic E-state index is 14.8. The van der Waals surface area contributed by atoms with Gasteiger partial charge in [0.25, 0.3) is 17.0 Å². The highest BCUT2D eigenvalue weighted by Crippen LogP contribution is 2.32. The molecule has 0 fully saturated rings. The Hall–Kier alpha value is -4.37. The van der Waals surface area contributed by atoms with Crippen molar-refractivity contribution in [3.8, 4) is 11.4 Å². The summed E-state index contributed by atoms with van der Waals surface area (Å²) >= 11 is 0. The number of hydrogen-bond donors (Lipinski definition) is 2. The second-order valence-electron chi connectivity index (χ2n) is 9.10. The highest BCUT2D eigenvalue weighted by Gasteiger charge is 2.37. The maximum atomic E-state index is 14.8. The first kappa shape index (κ1) is 28.6.